The van der Waals surface area contributed by atoms with Gasteiger partial charge in [-0.25, -0.2) is 4.39 Å². The molecule has 1 aliphatic carbocycles. The van der Waals surface area contributed by atoms with Gasteiger partial charge in [-0.3, -0.25) is 9.59 Å². The van der Waals surface area contributed by atoms with Crippen molar-refractivity contribution in [2.24, 2.45) is 0 Å². The van der Waals surface area contributed by atoms with Crippen LogP contribution < -0.4 is 10.6 Å². The summed E-state index contributed by atoms with van der Waals surface area (Å²) in [4.78, 5) is 24.3. The summed E-state index contributed by atoms with van der Waals surface area (Å²) in [5.41, 5.74) is 0.554. The quantitative estimate of drug-likeness (QED) is 0.796. The molecular weight excluding hydrogens is 339 g/mol. The Hall–Kier alpha value is -1.56. The molecule has 4 nitrogen and oxygen atoms in total. The molecule has 0 heterocycles. The van der Waals surface area contributed by atoms with Crippen LogP contribution in [0.5, 0.6) is 0 Å². The first-order valence-corrected chi connectivity index (χ1v) is 10.1. The first-order valence-electron chi connectivity index (χ1n) is 9.02. The molecule has 0 unspecified atom stereocenters. The number of thioether (sulfide) groups is 1. The molecule has 0 saturated heterocycles. The van der Waals surface area contributed by atoms with Crippen LogP contribution >= 0.6 is 11.8 Å². The molecule has 138 valence electrons. The molecule has 2 amide bonds. The average molecular weight is 367 g/mol. The Labute approximate surface area is 153 Å². The Morgan fingerprint density at radius 1 is 1.12 bits per heavy atom. The molecule has 0 radical (unpaired) electrons. The third-order valence-electron chi connectivity index (χ3n) is 4.41. The molecular formula is C19H27FN2O2S. The lowest BCUT2D eigenvalue weighted by Gasteiger charge is -2.22. The van der Waals surface area contributed by atoms with E-state index in [0.29, 0.717) is 5.69 Å². The van der Waals surface area contributed by atoms with Gasteiger partial charge < -0.3 is 10.6 Å². The Morgan fingerprint density at radius 3 is 2.36 bits per heavy atom. The van der Waals surface area contributed by atoms with E-state index in [-0.39, 0.29) is 34.7 Å². The van der Waals surface area contributed by atoms with Crippen LogP contribution in [0.3, 0.4) is 0 Å². The predicted molar refractivity (Wildman–Crippen MR) is 101 cm³/mol. The number of rotatable bonds is 6. The van der Waals surface area contributed by atoms with E-state index >= 15 is 0 Å². The Bertz CT molecular complexity index is 557. The minimum Gasteiger partial charge on any atom is -0.352 e. The highest BCUT2D eigenvalue weighted by atomic mass is 32.2. The van der Waals surface area contributed by atoms with E-state index in [9.17, 15) is 14.0 Å². The fourth-order valence-corrected chi connectivity index (χ4v) is 3.62. The summed E-state index contributed by atoms with van der Waals surface area (Å²) in [6.45, 7) is 1.83. The highest BCUT2D eigenvalue weighted by Crippen LogP contribution is 2.18. The lowest BCUT2D eigenvalue weighted by Crippen LogP contribution is -2.40. The van der Waals surface area contributed by atoms with Gasteiger partial charge in [0.1, 0.15) is 5.82 Å². The number of hydrogen-bond acceptors (Lipinski definition) is 3. The minimum absolute atomic E-state index is 0.00477. The Kier molecular flexibility index (Phi) is 8.25. The molecule has 1 aliphatic rings. The van der Waals surface area contributed by atoms with Gasteiger partial charge in [-0.05, 0) is 44.0 Å². The summed E-state index contributed by atoms with van der Waals surface area (Å²) in [7, 11) is 0. The van der Waals surface area contributed by atoms with E-state index < -0.39 is 0 Å². The lowest BCUT2D eigenvalue weighted by molar-refractivity contribution is -0.121. The summed E-state index contributed by atoms with van der Waals surface area (Å²) in [5, 5.41) is 5.56. The molecule has 6 heteroatoms. The van der Waals surface area contributed by atoms with Crippen molar-refractivity contribution in [3.63, 3.8) is 0 Å². The van der Waals surface area contributed by atoms with Crippen LogP contribution in [-0.4, -0.2) is 28.9 Å². The topological polar surface area (TPSA) is 58.2 Å². The van der Waals surface area contributed by atoms with Gasteiger partial charge in [-0.15, -0.1) is 11.8 Å². The van der Waals surface area contributed by atoms with Crippen molar-refractivity contribution < 1.29 is 14.0 Å². The van der Waals surface area contributed by atoms with Gasteiger partial charge in [-0.1, -0.05) is 32.1 Å². The third kappa shape index (κ3) is 7.46. The average Bonchev–Trinajstić information content (AvgIpc) is 2.57. The van der Waals surface area contributed by atoms with Crippen LogP contribution in [0.25, 0.3) is 0 Å². The summed E-state index contributed by atoms with van der Waals surface area (Å²) < 4.78 is 12.8. The molecule has 0 spiro atoms. The smallest absolute Gasteiger partial charge is 0.234 e. The summed E-state index contributed by atoms with van der Waals surface area (Å²) >= 11 is 1.31. The zero-order valence-corrected chi connectivity index (χ0v) is 15.5. The van der Waals surface area contributed by atoms with Crippen LogP contribution in [-0.2, 0) is 9.59 Å². The first kappa shape index (κ1) is 19.8. The number of halogens is 1. The van der Waals surface area contributed by atoms with Crippen molar-refractivity contribution in [3.8, 4) is 0 Å². The van der Waals surface area contributed by atoms with E-state index in [1.165, 1.54) is 68.1 Å². The van der Waals surface area contributed by atoms with Crippen LogP contribution in [0.4, 0.5) is 10.1 Å². The molecule has 1 aromatic carbocycles. The summed E-state index contributed by atoms with van der Waals surface area (Å²) in [6.07, 6.45) is 8.25. The molecule has 2 rings (SSSR count). The number of nitrogens with one attached hydrogen (secondary N) is 2. The van der Waals surface area contributed by atoms with Crippen molar-refractivity contribution in [3.05, 3.63) is 30.1 Å². The SMILES string of the molecule is C[C@H](SCC(=O)Nc1ccc(F)cc1)C(=O)NC1CCCCCCC1. The molecule has 0 aliphatic heterocycles. The molecule has 1 aromatic rings. The number of amides is 2. The molecule has 1 saturated carbocycles. The van der Waals surface area contributed by atoms with Gasteiger partial charge in [0, 0.05) is 11.7 Å². The number of carbonyl (C=O) groups excluding carboxylic acids is 2. The van der Waals surface area contributed by atoms with E-state index in [2.05, 4.69) is 10.6 Å². The van der Waals surface area contributed by atoms with Gasteiger partial charge in [0.15, 0.2) is 0 Å². The number of hydrogen-bond donors (Lipinski definition) is 2. The standard InChI is InChI=1S/C19H27FN2O2S/c1-14(19(24)22-16-7-5-3-2-4-6-8-16)25-13-18(23)21-17-11-9-15(20)10-12-17/h9-12,14,16H,2-8,13H2,1H3,(H,21,23)(H,22,24)/t14-/m0/s1. The fraction of sp³-hybridized carbons (Fsp3) is 0.579. The molecule has 25 heavy (non-hydrogen) atoms. The van der Waals surface area contributed by atoms with Gasteiger partial charge >= 0.3 is 0 Å². The van der Waals surface area contributed by atoms with E-state index in [0.717, 1.165) is 12.8 Å². The zero-order valence-electron chi connectivity index (χ0n) is 14.7. The zero-order chi connectivity index (χ0) is 18.1. The van der Waals surface area contributed by atoms with E-state index in [4.69, 9.17) is 0 Å². The predicted octanol–water partition coefficient (Wildman–Crippen LogP) is 4.12. The summed E-state index contributed by atoms with van der Waals surface area (Å²) in [6, 6.07) is 5.90. The maximum Gasteiger partial charge on any atom is 0.234 e. The minimum atomic E-state index is -0.341. The van der Waals surface area contributed by atoms with Crippen LogP contribution in [0.15, 0.2) is 24.3 Å². The van der Waals surface area contributed by atoms with Crippen molar-refractivity contribution in [2.45, 2.75) is 63.2 Å². The van der Waals surface area contributed by atoms with Gasteiger partial charge in [0.25, 0.3) is 0 Å². The second kappa shape index (κ2) is 10.4. The molecule has 0 bridgehead atoms. The molecule has 1 fully saturated rings. The van der Waals surface area contributed by atoms with Gasteiger partial charge in [-0.2, -0.15) is 0 Å². The highest BCUT2D eigenvalue weighted by molar-refractivity contribution is 8.01. The number of carbonyl (C=O) groups is 2. The number of anilines is 1. The van der Waals surface area contributed by atoms with Crippen molar-refractivity contribution >= 4 is 29.3 Å². The Balaban J connectivity index is 1.70. The molecule has 0 aromatic heterocycles. The van der Waals surface area contributed by atoms with Gasteiger partial charge in [0.2, 0.25) is 11.8 Å². The fourth-order valence-electron chi connectivity index (χ4n) is 2.93. The Morgan fingerprint density at radius 2 is 1.72 bits per heavy atom. The number of benzene rings is 1. The van der Waals surface area contributed by atoms with Gasteiger partial charge in [0.05, 0.1) is 11.0 Å². The maximum atomic E-state index is 12.8. The third-order valence-corrected chi connectivity index (χ3v) is 5.56. The molecule has 2 N–H and O–H groups in total. The normalized spacial score (nSPS) is 17.2. The largest absolute Gasteiger partial charge is 0.352 e. The van der Waals surface area contributed by atoms with Crippen molar-refractivity contribution in [1.82, 2.24) is 5.32 Å². The molecule has 1 atom stereocenters. The van der Waals surface area contributed by atoms with Crippen molar-refractivity contribution in [2.75, 3.05) is 11.1 Å². The van der Waals surface area contributed by atoms with Crippen LogP contribution in [0.1, 0.15) is 51.9 Å². The second-order valence-electron chi connectivity index (χ2n) is 6.56. The van der Waals surface area contributed by atoms with Crippen LogP contribution in [0, 0.1) is 5.82 Å². The van der Waals surface area contributed by atoms with E-state index in [1.807, 2.05) is 6.92 Å². The van der Waals surface area contributed by atoms with E-state index in [1.54, 1.807) is 0 Å². The lowest BCUT2D eigenvalue weighted by atomic mass is 9.97. The first-order chi connectivity index (χ1) is 12.0. The monoisotopic (exact) mass is 366 g/mol. The maximum absolute atomic E-state index is 12.8. The highest BCUT2D eigenvalue weighted by Gasteiger charge is 2.19. The van der Waals surface area contributed by atoms with Crippen LogP contribution in [0.2, 0.25) is 0 Å². The second-order valence-corrected chi connectivity index (χ2v) is 7.89. The van der Waals surface area contributed by atoms with Crippen molar-refractivity contribution in [1.29, 1.82) is 0 Å². The summed E-state index contributed by atoms with van der Waals surface area (Å²) in [5.74, 6) is -0.337.